The van der Waals surface area contributed by atoms with Gasteiger partial charge in [0, 0.05) is 11.8 Å². The molecule has 2 rings (SSSR count). The first-order chi connectivity index (χ1) is 8.16. The quantitative estimate of drug-likeness (QED) is 0.643. The zero-order valence-electron chi connectivity index (χ0n) is 9.96. The van der Waals surface area contributed by atoms with Crippen molar-refractivity contribution in [3.05, 3.63) is 27.9 Å². The highest BCUT2D eigenvalue weighted by atomic mass is 35.5. The number of nitrogens with two attached hydrogens (primary N) is 1. The van der Waals surface area contributed by atoms with Gasteiger partial charge in [0.25, 0.3) is 0 Å². The number of aromatic nitrogens is 1. The van der Waals surface area contributed by atoms with Crippen molar-refractivity contribution < 1.29 is 4.92 Å². The van der Waals surface area contributed by atoms with Crippen LogP contribution in [0.4, 0.5) is 11.5 Å². The molecule has 2 heterocycles. The molecule has 1 aliphatic rings. The molecule has 0 aromatic carbocycles. The van der Waals surface area contributed by atoms with Gasteiger partial charge in [0.1, 0.15) is 0 Å². The Morgan fingerprint density at radius 3 is 2.89 bits per heavy atom. The first-order valence-electron chi connectivity index (χ1n) is 5.77. The summed E-state index contributed by atoms with van der Waals surface area (Å²) in [6, 6.07) is 3.14. The average Bonchev–Trinajstić information content (AvgIpc) is 2.30. The number of anilines is 1. The van der Waals surface area contributed by atoms with E-state index < -0.39 is 4.92 Å². The standard InChI is InChI=1S/C11H16N4O2.ClH/c12-11-10(15(16)17)4-3-9(14-11)6-8-2-1-5-13-7-8;/h3-4,8,13H,1-2,5-7H2,(H2,12,14);1H. The molecular weight excluding hydrogens is 256 g/mol. The van der Waals surface area contributed by atoms with Crippen molar-refractivity contribution in [2.24, 2.45) is 5.92 Å². The summed E-state index contributed by atoms with van der Waals surface area (Å²) in [5, 5.41) is 13.9. The van der Waals surface area contributed by atoms with E-state index in [0.717, 1.165) is 25.2 Å². The van der Waals surface area contributed by atoms with Gasteiger partial charge in [0.15, 0.2) is 0 Å². The summed E-state index contributed by atoms with van der Waals surface area (Å²) < 4.78 is 0. The van der Waals surface area contributed by atoms with Gasteiger partial charge >= 0.3 is 5.69 Å². The second-order valence-electron chi connectivity index (χ2n) is 4.38. The number of rotatable bonds is 3. The molecule has 1 saturated heterocycles. The molecule has 1 fully saturated rings. The first-order valence-corrected chi connectivity index (χ1v) is 5.77. The topological polar surface area (TPSA) is 94.1 Å². The summed E-state index contributed by atoms with van der Waals surface area (Å²) in [5.41, 5.74) is 6.28. The maximum Gasteiger partial charge on any atom is 0.311 e. The van der Waals surface area contributed by atoms with Gasteiger partial charge in [0.2, 0.25) is 5.82 Å². The average molecular weight is 273 g/mol. The predicted molar refractivity (Wildman–Crippen MR) is 71.8 cm³/mol. The zero-order chi connectivity index (χ0) is 12.3. The third-order valence-corrected chi connectivity index (χ3v) is 3.05. The smallest absolute Gasteiger partial charge is 0.311 e. The summed E-state index contributed by atoms with van der Waals surface area (Å²) in [6.07, 6.45) is 3.17. The van der Waals surface area contributed by atoms with Gasteiger partial charge in [-0.1, -0.05) is 0 Å². The van der Waals surface area contributed by atoms with Gasteiger partial charge in [-0.2, -0.15) is 0 Å². The minimum absolute atomic E-state index is 0. The van der Waals surface area contributed by atoms with Gasteiger partial charge in [0.05, 0.1) is 4.92 Å². The number of nitrogen functional groups attached to an aromatic ring is 1. The van der Waals surface area contributed by atoms with Crippen LogP contribution >= 0.6 is 12.4 Å². The van der Waals surface area contributed by atoms with E-state index >= 15 is 0 Å². The van der Waals surface area contributed by atoms with Gasteiger partial charge in [-0.3, -0.25) is 10.1 Å². The molecule has 0 aliphatic carbocycles. The molecule has 1 aromatic heterocycles. The van der Waals surface area contributed by atoms with E-state index in [1.54, 1.807) is 6.07 Å². The first kappa shape index (κ1) is 14.7. The Kier molecular flexibility index (Phi) is 5.30. The zero-order valence-corrected chi connectivity index (χ0v) is 10.8. The molecule has 0 amide bonds. The minimum atomic E-state index is -0.506. The normalized spacial score (nSPS) is 19.0. The Morgan fingerprint density at radius 1 is 1.56 bits per heavy atom. The van der Waals surface area contributed by atoms with Crippen LogP contribution in [-0.2, 0) is 6.42 Å². The number of pyridine rings is 1. The number of nitrogens with zero attached hydrogens (tertiary/aromatic N) is 2. The lowest BCUT2D eigenvalue weighted by Gasteiger charge is -2.22. The second-order valence-corrected chi connectivity index (χ2v) is 4.38. The van der Waals surface area contributed by atoms with E-state index in [-0.39, 0.29) is 23.9 Å². The van der Waals surface area contributed by atoms with Gasteiger partial charge in [-0.05, 0) is 44.3 Å². The maximum absolute atomic E-state index is 10.6. The molecule has 6 nitrogen and oxygen atoms in total. The fourth-order valence-corrected chi connectivity index (χ4v) is 2.17. The third kappa shape index (κ3) is 3.54. The van der Waals surface area contributed by atoms with Crippen molar-refractivity contribution in [1.82, 2.24) is 10.3 Å². The number of nitrogens with one attached hydrogen (secondary N) is 1. The van der Waals surface area contributed by atoms with Crippen molar-refractivity contribution in [2.75, 3.05) is 18.8 Å². The van der Waals surface area contributed by atoms with E-state index in [2.05, 4.69) is 10.3 Å². The number of hydrogen-bond donors (Lipinski definition) is 2. The number of halogens is 1. The molecule has 1 unspecified atom stereocenters. The van der Waals surface area contributed by atoms with Crippen molar-refractivity contribution in [1.29, 1.82) is 0 Å². The highest BCUT2D eigenvalue weighted by Crippen LogP contribution is 2.21. The molecular formula is C11H17ClN4O2. The minimum Gasteiger partial charge on any atom is -0.378 e. The summed E-state index contributed by atoms with van der Waals surface area (Å²) >= 11 is 0. The van der Waals surface area contributed by atoms with Crippen LogP contribution in [0.1, 0.15) is 18.5 Å². The molecule has 0 spiro atoms. The van der Waals surface area contributed by atoms with Crippen LogP contribution in [0.15, 0.2) is 12.1 Å². The lowest BCUT2D eigenvalue weighted by molar-refractivity contribution is -0.384. The summed E-state index contributed by atoms with van der Waals surface area (Å²) in [7, 11) is 0. The highest BCUT2D eigenvalue weighted by Gasteiger charge is 2.17. The molecule has 18 heavy (non-hydrogen) atoms. The van der Waals surface area contributed by atoms with Crippen LogP contribution in [0.5, 0.6) is 0 Å². The summed E-state index contributed by atoms with van der Waals surface area (Å²) in [6.45, 7) is 2.06. The fraction of sp³-hybridized carbons (Fsp3) is 0.545. The fourth-order valence-electron chi connectivity index (χ4n) is 2.17. The molecule has 100 valence electrons. The Balaban J connectivity index is 0.00000162. The van der Waals surface area contributed by atoms with E-state index in [9.17, 15) is 10.1 Å². The van der Waals surface area contributed by atoms with E-state index in [0.29, 0.717) is 5.92 Å². The molecule has 3 N–H and O–H groups in total. The Hall–Kier alpha value is -1.40. The predicted octanol–water partition coefficient (Wildman–Crippen LogP) is 1.54. The van der Waals surface area contributed by atoms with Crippen molar-refractivity contribution in [3.8, 4) is 0 Å². The molecule has 1 aromatic rings. The van der Waals surface area contributed by atoms with Crippen molar-refractivity contribution in [2.45, 2.75) is 19.3 Å². The van der Waals surface area contributed by atoms with Crippen molar-refractivity contribution >= 4 is 23.9 Å². The van der Waals surface area contributed by atoms with Crippen LogP contribution in [0.25, 0.3) is 0 Å². The maximum atomic E-state index is 10.6. The van der Waals surface area contributed by atoms with E-state index in [4.69, 9.17) is 5.73 Å². The lowest BCUT2D eigenvalue weighted by atomic mass is 9.94. The number of hydrogen-bond acceptors (Lipinski definition) is 5. The lowest BCUT2D eigenvalue weighted by Crippen LogP contribution is -2.31. The third-order valence-electron chi connectivity index (χ3n) is 3.05. The van der Waals surface area contributed by atoms with Crippen LogP contribution in [0, 0.1) is 16.0 Å². The van der Waals surface area contributed by atoms with Crippen LogP contribution in [-0.4, -0.2) is 23.0 Å². The molecule has 0 radical (unpaired) electrons. The number of nitro groups is 1. The van der Waals surface area contributed by atoms with Crippen LogP contribution < -0.4 is 11.1 Å². The second kappa shape index (κ2) is 6.51. The van der Waals surface area contributed by atoms with Gasteiger partial charge in [-0.15, -0.1) is 12.4 Å². The van der Waals surface area contributed by atoms with E-state index in [1.165, 1.54) is 18.9 Å². The molecule has 1 atom stereocenters. The molecule has 0 saturated carbocycles. The molecule has 1 aliphatic heterocycles. The Bertz CT molecular complexity index is 422. The summed E-state index contributed by atoms with van der Waals surface area (Å²) in [5.74, 6) is 0.563. The Labute approximate surface area is 112 Å². The monoisotopic (exact) mass is 272 g/mol. The SMILES string of the molecule is Cl.Nc1nc(CC2CCCNC2)ccc1[N+](=O)[O-]. The highest BCUT2D eigenvalue weighted by molar-refractivity contribution is 5.85. The molecule has 0 bridgehead atoms. The van der Waals surface area contributed by atoms with Crippen molar-refractivity contribution in [3.63, 3.8) is 0 Å². The number of piperidine rings is 1. The summed E-state index contributed by atoms with van der Waals surface area (Å²) in [4.78, 5) is 14.2. The largest absolute Gasteiger partial charge is 0.378 e. The Morgan fingerprint density at radius 2 is 2.33 bits per heavy atom. The van der Waals surface area contributed by atoms with E-state index in [1.807, 2.05) is 0 Å². The molecule has 7 heteroatoms. The van der Waals surface area contributed by atoms with Gasteiger partial charge < -0.3 is 11.1 Å². The van der Waals surface area contributed by atoms with Crippen LogP contribution in [0.3, 0.4) is 0 Å². The van der Waals surface area contributed by atoms with Crippen LogP contribution in [0.2, 0.25) is 0 Å². The van der Waals surface area contributed by atoms with Gasteiger partial charge in [-0.25, -0.2) is 4.98 Å².